The first-order valence-electron chi connectivity index (χ1n) is 8.25. The molecule has 0 bridgehead atoms. The topological polar surface area (TPSA) is 37.3 Å². The second kappa shape index (κ2) is 12.2. The Morgan fingerprint density at radius 3 is 1.96 bits per heavy atom. The Kier molecular flexibility index (Phi) is 11.5. The summed E-state index contributed by atoms with van der Waals surface area (Å²) in [5, 5.41) is 9.12. The van der Waals surface area contributed by atoms with Gasteiger partial charge in [-0.1, -0.05) is 54.9 Å². The van der Waals surface area contributed by atoms with Gasteiger partial charge >= 0.3 is 5.97 Å². The Hall–Kier alpha value is -1.28. The molecule has 2 nitrogen and oxygen atoms in total. The van der Waals surface area contributed by atoms with E-state index >= 15 is 0 Å². The molecular weight excluding hydrogens is 308 g/mol. The molecule has 0 saturated carbocycles. The summed E-state index contributed by atoms with van der Waals surface area (Å²) >= 11 is 5.75. The van der Waals surface area contributed by atoms with Gasteiger partial charge in [0, 0.05) is 11.5 Å². The van der Waals surface area contributed by atoms with Crippen LogP contribution in [0.4, 0.5) is 0 Å². The molecule has 0 atom stereocenters. The summed E-state index contributed by atoms with van der Waals surface area (Å²) in [4.78, 5) is 11.1. The van der Waals surface area contributed by atoms with Gasteiger partial charge < -0.3 is 5.11 Å². The van der Waals surface area contributed by atoms with Gasteiger partial charge in [0.15, 0.2) is 0 Å². The SMILES string of the molecule is C/C(=C\CC/C(C)=C/CC/C(C)=C/C=C(/C(=O)O)C(C)C)CCl. The number of halogens is 1. The molecule has 0 aliphatic carbocycles. The molecule has 0 aliphatic rings. The Morgan fingerprint density at radius 2 is 1.48 bits per heavy atom. The third-order valence-electron chi connectivity index (χ3n) is 3.69. The predicted molar refractivity (Wildman–Crippen MR) is 101 cm³/mol. The van der Waals surface area contributed by atoms with Gasteiger partial charge in [0.25, 0.3) is 0 Å². The van der Waals surface area contributed by atoms with Gasteiger partial charge in [-0.2, -0.15) is 0 Å². The first-order valence-corrected chi connectivity index (χ1v) is 8.79. The minimum atomic E-state index is -0.833. The summed E-state index contributed by atoms with van der Waals surface area (Å²) < 4.78 is 0. The van der Waals surface area contributed by atoms with Crippen molar-refractivity contribution in [2.45, 2.75) is 60.3 Å². The van der Waals surface area contributed by atoms with Crippen molar-refractivity contribution >= 4 is 17.6 Å². The monoisotopic (exact) mass is 338 g/mol. The molecule has 0 aliphatic heterocycles. The molecule has 0 unspecified atom stereocenters. The quantitative estimate of drug-likeness (QED) is 0.220. The summed E-state index contributed by atoms with van der Waals surface area (Å²) in [6.45, 7) is 10.1. The van der Waals surface area contributed by atoms with E-state index in [1.807, 2.05) is 26.8 Å². The van der Waals surface area contributed by atoms with Gasteiger partial charge in [0.2, 0.25) is 0 Å². The van der Waals surface area contributed by atoms with Crippen LogP contribution in [0.3, 0.4) is 0 Å². The molecule has 1 N–H and O–H groups in total. The van der Waals surface area contributed by atoms with Crippen LogP contribution >= 0.6 is 11.6 Å². The fourth-order valence-corrected chi connectivity index (χ4v) is 2.18. The fraction of sp³-hybridized carbons (Fsp3) is 0.550. The lowest BCUT2D eigenvalue weighted by Gasteiger charge is -2.05. The summed E-state index contributed by atoms with van der Waals surface area (Å²) in [6.07, 6.45) is 12.2. The number of hydrogen-bond acceptors (Lipinski definition) is 1. The lowest BCUT2D eigenvalue weighted by molar-refractivity contribution is -0.133. The van der Waals surface area contributed by atoms with Crippen molar-refractivity contribution in [1.82, 2.24) is 0 Å². The van der Waals surface area contributed by atoms with E-state index in [4.69, 9.17) is 16.7 Å². The van der Waals surface area contributed by atoms with E-state index in [1.54, 1.807) is 6.08 Å². The minimum absolute atomic E-state index is 0.0307. The molecule has 0 amide bonds. The van der Waals surface area contributed by atoms with E-state index in [0.29, 0.717) is 11.5 Å². The van der Waals surface area contributed by atoms with Crippen LogP contribution in [0.25, 0.3) is 0 Å². The molecule has 0 aromatic carbocycles. The highest BCUT2D eigenvalue weighted by Gasteiger charge is 2.09. The van der Waals surface area contributed by atoms with E-state index in [9.17, 15) is 4.79 Å². The lowest BCUT2D eigenvalue weighted by atomic mass is 10.0. The molecule has 0 spiro atoms. The van der Waals surface area contributed by atoms with E-state index in [1.165, 1.54) is 16.7 Å². The largest absolute Gasteiger partial charge is 0.478 e. The second-order valence-corrected chi connectivity index (χ2v) is 6.67. The maximum atomic E-state index is 11.1. The zero-order valence-electron chi connectivity index (χ0n) is 15.2. The van der Waals surface area contributed by atoms with Crippen molar-refractivity contribution in [3.05, 3.63) is 46.6 Å². The summed E-state index contributed by atoms with van der Waals surface area (Å²) in [6, 6.07) is 0. The van der Waals surface area contributed by atoms with Gasteiger partial charge in [-0.3, -0.25) is 0 Å². The van der Waals surface area contributed by atoms with E-state index in [2.05, 4.69) is 26.0 Å². The normalized spacial score (nSPS) is 14.6. The van der Waals surface area contributed by atoms with Crippen LogP contribution in [-0.2, 0) is 4.79 Å². The number of carbonyl (C=O) groups is 1. The molecular formula is C20H31ClO2. The van der Waals surface area contributed by atoms with Crippen molar-refractivity contribution in [3.8, 4) is 0 Å². The van der Waals surface area contributed by atoms with E-state index in [0.717, 1.165) is 25.7 Å². The van der Waals surface area contributed by atoms with E-state index in [-0.39, 0.29) is 5.92 Å². The molecule has 130 valence electrons. The second-order valence-electron chi connectivity index (χ2n) is 6.41. The number of allylic oxidation sites excluding steroid dienone is 7. The van der Waals surface area contributed by atoms with Crippen LogP contribution < -0.4 is 0 Å². The fourth-order valence-electron chi connectivity index (χ4n) is 2.08. The molecule has 0 rings (SSSR count). The molecule has 0 aromatic heterocycles. The smallest absolute Gasteiger partial charge is 0.331 e. The average molecular weight is 339 g/mol. The zero-order chi connectivity index (χ0) is 17.8. The van der Waals surface area contributed by atoms with Gasteiger partial charge in [0.05, 0.1) is 0 Å². The Labute approximate surface area is 146 Å². The predicted octanol–water partition coefficient (Wildman–Crippen LogP) is 6.29. The van der Waals surface area contributed by atoms with Crippen molar-refractivity contribution < 1.29 is 9.90 Å². The van der Waals surface area contributed by atoms with Crippen LogP contribution in [0.15, 0.2) is 46.6 Å². The van der Waals surface area contributed by atoms with Gasteiger partial charge in [0.1, 0.15) is 0 Å². The van der Waals surface area contributed by atoms with Gasteiger partial charge in [-0.15, -0.1) is 11.6 Å². The summed E-state index contributed by atoms with van der Waals surface area (Å²) in [5.41, 5.74) is 4.27. The van der Waals surface area contributed by atoms with Crippen LogP contribution in [0, 0.1) is 5.92 Å². The highest BCUT2D eigenvalue weighted by atomic mass is 35.5. The number of carboxylic acid groups (broad SMARTS) is 1. The highest BCUT2D eigenvalue weighted by Crippen LogP contribution is 2.14. The number of carboxylic acids is 1. The maximum absolute atomic E-state index is 11.1. The van der Waals surface area contributed by atoms with Crippen molar-refractivity contribution in [3.63, 3.8) is 0 Å². The third-order valence-corrected chi connectivity index (χ3v) is 4.11. The first-order chi connectivity index (χ1) is 10.8. The molecule has 0 aromatic rings. The molecule has 0 radical (unpaired) electrons. The Morgan fingerprint density at radius 1 is 0.957 bits per heavy atom. The van der Waals surface area contributed by atoms with Crippen molar-refractivity contribution in [2.24, 2.45) is 5.92 Å². The first kappa shape index (κ1) is 21.7. The van der Waals surface area contributed by atoms with Crippen LogP contribution in [0.1, 0.15) is 60.3 Å². The minimum Gasteiger partial charge on any atom is -0.478 e. The standard InChI is InChI=1S/C20H31ClO2/c1-15(2)19(20(22)23)13-12-17(4)10-6-8-16(3)9-7-11-18(5)14-21/h8,11-13,15H,6-7,9-10,14H2,1-5H3,(H,22,23)/b16-8+,17-12+,18-11+,19-13+. The summed E-state index contributed by atoms with van der Waals surface area (Å²) in [5.74, 6) is -0.196. The zero-order valence-corrected chi connectivity index (χ0v) is 15.9. The molecule has 0 saturated heterocycles. The Balaban J connectivity index is 4.39. The lowest BCUT2D eigenvalue weighted by Crippen LogP contribution is -2.06. The van der Waals surface area contributed by atoms with Crippen LogP contribution in [-0.4, -0.2) is 17.0 Å². The van der Waals surface area contributed by atoms with Crippen molar-refractivity contribution in [2.75, 3.05) is 5.88 Å². The van der Waals surface area contributed by atoms with Crippen LogP contribution in [0.5, 0.6) is 0 Å². The number of alkyl halides is 1. The molecule has 23 heavy (non-hydrogen) atoms. The number of rotatable bonds is 10. The van der Waals surface area contributed by atoms with Crippen LogP contribution in [0.2, 0.25) is 0 Å². The molecule has 0 heterocycles. The maximum Gasteiger partial charge on any atom is 0.331 e. The van der Waals surface area contributed by atoms with E-state index < -0.39 is 5.97 Å². The van der Waals surface area contributed by atoms with Gasteiger partial charge in [-0.05, 0) is 52.4 Å². The Bertz CT molecular complexity index is 494. The number of hydrogen-bond donors (Lipinski definition) is 1. The summed E-state index contributed by atoms with van der Waals surface area (Å²) in [7, 11) is 0. The molecule has 0 fully saturated rings. The molecule has 3 heteroatoms. The average Bonchev–Trinajstić information content (AvgIpc) is 2.46. The van der Waals surface area contributed by atoms with Crippen molar-refractivity contribution in [1.29, 1.82) is 0 Å². The van der Waals surface area contributed by atoms with Gasteiger partial charge in [-0.25, -0.2) is 4.79 Å². The number of aliphatic carboxylic acids is 1. The third kappa shape index (κ3) is 11.0. The highest BCUT2D eigenvalue weighted by molar-refractivity contribution is 6.19.